The zero-order valence-electron chi connectivity index (χ0n) is 18.4. The number of halogens is 1. The number of nitriles is 1. The van der Waals surface area contributed by atoms with Gasteiger partial charge < -0.3 is 9.47 Å². The summed E-state index contributed by atoms with van der Waals surface area (Å²) in [5, 5.41) is 13.3. The van der Waals surface area contributed by atoms with E-state index in [0.717, 1.165) is 23.3 Å². The molecule has 3 aromatic rings. The molecule has 0 unspecified atom stereocenters. The number of unbranched alkanes of at least 4 members (excludes halogenated alkanes) is 1. The van der Waals surface area contributed by atoms with Crippen LogP contribution in [-0.4, -0.2) is 24.6 Å². The summed E-state index contributed by atoms with van der Waals surface area (Å²) < 4.78 is 11.1. The largest absolute Gasteiger partial charge is 0.493 e. The van der Waals surface area contributed by atoms with Crippen molar-refractivity contribution in [3.63, 3.8) is 0 Å². The number of hydrogen-bond acceptors (Lipinski definition) is 6. The average Bonchev–Trinajstić information content (AvgIpc) is 3.24. The molecule has 0 radical (unpaired) electrons. The van der Waals surface area contributed by atoms with E-state index < -0.39 is 5.91 Å². The van der Waals surface area contributed by atoms with Crippen LogP contribution in [0.3, 0.4) is 0 Å². The molecule has 0 bridgehead atoms. The molecule has 0 saturated carbocycles. The van der Waals surface area contributed by atoms with Crippen molar-refractivity contribution in [2.45, 2.75) is 26.2 Å². The number of hydrogen-bond donors (Lipinski definition) is 1. The van der Waals surface area contributed by atoms with Crippen molar-refractivity contribution in [1.29, 1.82) is 5.26 Å². The van der Waals surface area contributed by atoms with Crippen LogP contribution < -0.4 is 14.8 Å². The molecule has 0 saturated heterocycles. The molecule has 0 fully saturated rings. The van der Waals surface area contributed by atoms with Gasteiger partial charge in [0.15, 0.2) is 16.6 Å². The Morgan fingerprint density at radius 2 is 2.12 bits per heavy atom. The Bertz CT molecular complexity index is 1180. The van der Waals surface area contributed by atoms with Crippen LogP contribution in [0.25, 0.3) is 6.08 Å². The number of nitrogens with one attached hydrogen (secondary N) is 1. The summed E-state index contributed by atoms with van der Waals surface area (Å²) in [7, 11) is 1.55. The zero-order valence-corrected chi connectivity index (χ0v) is 20.0. The van der Waals surface area contributed by atoms with Gasteiger partial charge in [-0.15, -0.1) is 11.3 Å². The van der Waals surface area contributed by atoms with Crippen molar-refractivity contribution in [3.05, 3.63) is 75.3 Å². The minimum Gasteiger partial charge on any atom is -0.493 e. The van der Waals surface area contributed by atoms with E-state index in [-0.39, 0.29) is 5.57 Å². The number of amides is 1. The lowest BCUT2D eigenvalue weighted by atomic mass is 10.1. The van der Waals surface area contributed by atoms with E-state index in [9.17, 15) is 10.1 Å². The SMILES string of the molecule is CCCCOc1ccc(C=C(C#N)C(=O)Nc2ncc(Cc3cccc(Cl)c3)s2)cc1OC. The molecular formula is C25H24ClN3O3S. The molecule has 8 heteroatoms. The first kappa shape index (κ1) is 24.3. The zero-order chi connectivity index (χ0) is 23.6. The molecule has 33 heavy (non-hydrogen) atoms. The molecule has 0 atom stereocenters. The summed E-state index contributed by atoms with van der Waals surface area (Å²) in [5.74, 6) is 0.646. The van der Waals surface area contributed by atoms with Gasteiger partial charge in [-0.3, -0.25) is 10.1 Å². The van der Waals surface area contributed by atoms with E-state index >= 15 is 0 Å². The molecule has 0 aliphatic heterocycles. The fraction of sp³-hybridized carbons (Fsp3) is 0.240. The van der Waals surface area contributed by atoms with E-state index in [0.29, 0.717) is 40.2 Å². The van der Waals surface area contributed by atoms with E-state index in [1.54, 1.807) is 31.5 Å². The van der Waals surface area contributed by atoms with Crippen LogP contribution in [0.5, 0.6) is 11.5 Å². The number of benzene rings is 2. The maximum absolute atomic E-state index is 12.6. The van der Waals surface area contributed by atoms with Gasteiger partial charge in [-0.05, 0) is 47.9 Å². The standard InChI is InChI=1S/C25H24ClN3O3S/c1-3-4-10-32-22-9-8-18(14-23(22)31-2)11-19(15-27)24(30)29-25-28-16-21(33-25)13-17-6-5-7-20(26)12-17/h5-9,11-12,14,16H,3-4,10,13H2,1-2H3,(H,28,29,30). The molecule has 1 amide bonds. The van der Waals surface area contributed by atoms with Crippen LogP contribution in [0.2, 0.25) is 5.02 Å². The number of carbonyl (C=O) groups excluding carboxylic acids is 1. The molecule has 1 heterocycles. The van der Waals surface area contributed by atoms with Gasteiger partial charge in [0.25, 0.3) is 5.91 Å². The van der Waals surface area contributed by atoms with Crippen molar-refractivity contribution in [2.24, 2.45) is 0 Å². The molecule has 3 rings (SSSR count). The van der Waals surface area contributed by atoms with Crippen molar-refractivity contribution >= 4 is 40.1 Å². The number of nitrogens with zero attached hydrogens (tertiary/aromatic N) is 2. The fourth-order valence-corrected chi connectivity index (χ4v) is 4.05. The lowest BCUT2D eigenvalue weighted by molar-refractivity contribution is -0.112. The Balaban J connectivity index is 1.69. The summed E-state index contributed by atoms with van der Waals surface area (Å²) in [6.07, 6.45) is 5.85. The highest BCUT2D eigenvalue weighted by Gasteiger charge is 2.13. The number of ether oxygens (including phenoxy) is 2. The summed E-state index contributed by atoms with van der Waals surface area (Å²) >= 11 is 7.39. The van der Waals surface area contributed by atoms with Gasteiger partial charge in [0.1, 0.15) is 11.6 Å². The van der Waals surface area contributed by atoms with Crippen molar-refractivity contribution < 1.29 is 14.3 Å². The van der Waals surface area contributed by atoms with Crippen LogP contribution in [-0.2, 0) is 11.2 Å². The molecule has 1 N–H and O–H groups in total. The molecule has 0 spiro atoms. The van der Waals surface area contributed by atoms with E-state index in [4.69, 9.17) is 21.1 Å². The first-order valence-corrected chi connectivity index (χ1v) is 11.6. The normalized spacial score (nSPS) is 11.0. The minimum atomic E-state index is -0.525. The van der Waals surface area contributed by atoms with E-state index in [2.05, 4.69) is 17.2 Å². The van der Waals surface area contributed by atoms with Gasteiger partial charge in [0, 0.05) is 22.5 Å². The highest BCUT2D eigenvalue weighted by atomic mass is 35.5. The summed E-state index contributed by atoms with van der Waals surface area (Å²) in [4.78, 5) is 17.9. The molecule has 0 aliphatic rings. The maximum atomic E-state index is 12.6. The Morgan fingerprint density at radius 3 is 2.85 bits per heavy atom. The van der Waals surface area contributed by atoms with Gasteiger partial charge in [-0.1, -0.05) is 43.1 Å². The Labute approximate surface area is 202 Å². The number of aromatic nitrogens is 1. The number of thiazole rings is 1. The summed E-state index contributed by atoms with van der Waals surface area (Å²) in [6, 6.07) is 14.8. The van der Waals surface area contributed by atoms with Crippen molar-refractivity contribution in [1.82, 2.24) is 4.98 Å². The highest BCUT2D eigenvalue weighted by Crippen LogP contribution is 2.29. The van der Waals surface area contributed by atoms with E-state index in [1.165, 1.54) is 17.4 Å². The third-order valence-corrected chi connectivity index (χ3v) is 5.81. The van der Waals surface area contributed by atoms with Crippen LogP contribution >= 0.6 is 22.9 Å². The minimum absolute atomic E-state index is 0.0386. The predicted octanol–water partition coefficient (Wildman–Crippen LogP) is 6.12. The summed E-state index contributed by atoms with van der Waals surface area (Å²) in [6.45, 7) is 2.69. The van der Waals surface area contributed by atoms with Crippen molar-refractivity contribution in [3.8, 4) is 17.6 Å². The topological polar surface area (TPSA) is 84.2 Å². The van der Waals surface area contributed by atoms with E-state index in [1.807, 2.05) is 30.3 Å². The molecule has 6 nitrogen and oxygen atoms in total. The number of rotatable bonds is 10. The Hall–Kier alpha value is -3.34. The first-order valence-electron chi connectivity index (χ1n) is 10.5. The van der Waals surface area contributed by atoms with Gasteiger partial charge in [-0.2, -0.15) is 5.26 Å². The molecule has 2 aromatic carbocycles. The first-order chi connectivity index (χ1) is 16.0. The third-order valence-electron chi connectivity index (χ3n) is 4.66. The van der Waals surface area contributed by atoms with Crippen LogP contribution in [0.1, 0.15) is 35.8 Å². The van der Waals surface area contributed by atoms with Gasteiger partial charge in [-0.25, -0.2) is 4.98 Å². The monoisotopic (exact) mass is 481 g/mol. The summed E-state index contributed by atoms with van der Waals surface area (Å²) in [5.41, 5.74) is 1.67. The number of anilines is 1. The van der Waals surface area contributed by atoms with Crippen LogP contribution in [0.4, 0.5) is 5.13 Å². The quantitative estimate of drug-likeness (QED) is 0.214. The second-order valence-corrected chi connectivity index (χ2v) is 8.73. The molecule has 1 aromatic heterocycles. The Morgan fingerprint density at radius 1 is 1.27 bits per heavy atom. The second kappa shape index (κ2) is 12.0. The van der Waals surface area contributed by atoms with Crippen LogP contribution in [0.15, 0.2) is 54.2 Å². The predicted molar refractivity (Wildman–Crippen MR) is 132 cm³/mol. The van der Waals surface area contributed by atoms with Gasteiger partial charge >= 0.3 is 0 Å². The second-order valence-electron chi connectivity index (χ2n) is 7.17. The third kappa shape index (κ3) is 7.07. The molecular weight excluding hydrogens is 458 g/mol. The highest BCUT2D eigenvalue weighted by molar-refractivity contribution is 7.15. The van der Waals surface area contributed by atoms with Crippen LogP contribution in [0, 0.1) is 11.3 Å². The molecule has 0 aliphatic carbocycles. The smallest absolute Gasteiger partial charge is 0.268 e. The maximum Gasteiger partial charge on any atom is 0.268 e. The lowest BCUT2D eigenvalue weighted by Gasteiger charge is -2.11. The van der Waals surface area contributed by atoms with Crippen molar-refractivity contribution in [2.75, 3.05) is 19.0 Å². The van der Waals surface area contributed by atoms with Gasteiger partial charge in [0.05, 0.1) is 13.7 Å². The number of carbonyl (C=O) groups is 1. The fourth-order valence-electron chi connectivity index (χ4n) is 2.99. The Kier molecular flexibility index (Phi) is 8.87. The lowest BCUT2D eigenvalue weighted by Crippen LogP contribution is -2.13. The van der Waals surface area contributed by atoms with Gasteiger partial charge in [0.2, 0.25) is 0 Å². The molecule has 170 valence electrons. The number of methoxy groups -OCH3 is 1. The average molecular weight is 482 g/mol.